The first kappa shape index (κ1) is 17.4. The van der Waals surface area contributed by atoms with E-state index in [9.17, 15) is 9.59 Å². The Morgan fingerprint density at radius 1 is 1.24 bits per heavy atom. The van der Waals surface area contributed by atoms with E-state index in [0.29, 0.717) is 35.3 Å². The molecule has 0 saturated carbocycles. The van der Waals surface area contributed by atoms with Crippen LogP contribution in [0.2, 0.25) is 5.02 Å². The highest BCUT2D eigenvalue weighted by Gasteiger charge is 2.18. The second kappa shape index (κ2) is 7.19. The highest BCUT2D eigenvalue weighted by Crippen LogP contribution is 2.38. The van der Waals surface area contributed by atoms with Crippen LogP contribution < -0.4 is 20.3 Å². The lowest BCUT2D eigenvalue weighted by molar-refractivity contribution is -0.120. The molecule has 0 unspecified atom stereocenters. The summed E-state index contributed by atoms with van der Waals surface area (Å²) in [5, 5.41) is 3.20. The molecule has 132 valence electrons. The predicted octanol–water partition coefficient (Wildman–Crippen LogP) is 2.28. The number of H-pyrrole nitrogens is 1. The molecule has 0 atom stereocenters. The second-order valence-corrected chi connectivity index (χ2v) is 6.41. The van der Waals surface area contributed by atoms with Crippen LogP contribution in [0.5, 0.6) is 11.5 Å². The lowest BCUT2D eigenvalue weighted by atomic mass is 10.1. The minimum absolute atomic E-state index is 0.138. The van der Waals surface area contributed by atoms with Crippen molar-refractivity contribution in [3.8, 4) is 11.5 Å². The van der Waals surface area contributed by atoms with E-state index in [1.54, 1.807) is 12.1 Å². The highest BCUT2D eigenvalue weighted by molar-refractivity contribution is 6.32. The molecular weight excluding hydrogens is 344 g/mol. The van der Waals surface area contributed by atoms with Crippen molar-refractivity contribution in [2.45, 2.75) is 26.8 Å². The normalized spacial score (nSPS) is 12.8. The molecule has 3 rings (SSSR count). The van der Waals surface area contributed by atoms with Crippen molar-refractivity contribution in [1.29, 1.82) is 0 Å². The fourth-order valence-corrected chi connectivity index (χ4v) is 3.09. The number of carbonyl (C=O) groups excluding carboxylic acids is 1. The van der Waals surface area contributed by atoms with Gasteiger partial charge < -0.3 is 19.8 Å². The first-order valence-electron chi connectivity index (χ1n) is 7.98. The SMILES string of the molecule is Cc1cc(C)c(CNC(=O)Cc2cc(Cl)c3c(c2)OCCO3)c(=O)[nH]1. The van der Waals surface area contributed by atoms with E-state index in [1.165, 1.54) is 0 Å². The van der Waals surface area contributed by atoms with Crippen molar-refractivity contribution < 1.29 is 14.3 Å². The van der Waals surface area contributed by atoms with Gasteiger partial charge in [-0.1, -0.05) is 11.6 Å². The average molecular weight is 363 g/mol. The molecule has 2 heterocycles. The maximum atomic E-state index is 12.2. The number of hydrogen-bond acceptors (Lipinski definition) is 4. The number of rotatable bonds is 4. The van der Waals surface area contributed by atoms with Crippen molar-refractivity contribution in [1.82, 2.24) is 10.3 Å². The molecule has 0 aliphatic carbocycles. The van der Waals surface area contributed by atoms with Gasteiger partial charge in [-0.3, -0.25) is 9.59 Å². The largest absolute Gasteiger partial charge is 0.486 e. The van der Waals surface area contributed by atoms with Crippen LogP contribution in [0.3, 0.4) is 0 Å². The summed E-state index contributed by atoms with van der Waals surface area (Å²) in [5.41, 5.74) is 2.74. The Hall–Kier alpha value is -2.47. The van der Waals surface area contributed by atoms with Gasteiger partial charge in [0, 0.05) is 17.8 Å². The number of aryl methyl sites for hydroxylation is 2. The molecular formula is C18H19ClN2O4. The quantitative estimate of drug-likeness (QED) is 0.874. The standard InChI is InChI=1S/C18H19ClN2O4/c1-10-5-11(2)21-18(23)13(10)9-20-16(22)8-12-6-14(19)17-15(7-12)24-3-4-25-17/h5-7H,3-4,8-9H2,1-2H3,(H,20,22)(H,21,23). The number of pyridine rings is 1. The van der Waals surface area contributed by atoms with Crippen LogP contribution >= 0.6 is 11.6 Å². The van der Waals surface area contributed by atoms with Crippen LogP contribution in [-0.2, 0) is 17.8 Å². The van der Waals surface area contributed by atoms with Gasteiger partial charge in [-0.05, 0) is 43.2 Å². The van der Waals surface area contributed by atoms with Crippen LogP contribution in [0, 0.1) is 13.8 Å². The molecule has 2 N–H and O–H groups in total. The van der Waals surface area contributed by atoms with Gasteiger partial charge in [-0.2, -0.15) is 0 Å². The summed E-state index contributed by atoms with van der Waals surface area (Å²) in [4.78, 5) is 26.9. The molecule has 7 heteroatoms. The van der Waals surface area contributed by atoms with Crippen LogP contribution in [0.4, 0.5) is 0 Å². The maximum absolute atomic E-state index is 12.2. The molecule has 1 aliphatic heterocycles. The van der Waals surface area contributed by atoms with Gasteiger partial charge >= 0.3 is 0 Å². The molecule has 1 amide bonds. The molecule has 0 saturated heterocycles. The first-order valence-corrected chi connectivity index (χ1v) is 8.36. The van der Waals surface area contributed by atoms with Crippen molar-refractivity contribution >= 4 is 17.5 Å². The van der Waals surface area contributed by atoms with Crippen LogP contribution in [-0.4, -0.2) is 24.1 Å². The summed E-state index contributed by atoms with van der Waals surface area (Å²) in [6.45, 7) is 4.76. The summed E-state index contributed by atoms with van der Waals surface area (Å²) in [5.74, 6) is 0.860. The van der Waals surface area contributed by atoms with Gasteiger partial charge in [0.15, 0.2) is 11.5 Å². The van der Waals surface area contributed by atoms with Crippen LogP contribution in [0.15, 0.2) is 23.0 Å². The van der Waals surface area contributed by atoms with E-state index < -0.39 is 0 Å². The molecule has 1 aromatic carbocycles. The average Bonchev–Trinajstić information content (AvgIpc) is 2.54. The number of carbonyl (C=O) groups is 1. The zero-order valence-electron chi connectivity index (χ0n) is 14.1. The maximum Gasteiger partial charge on any atom is 0.253 e. The minimum Gasteiger partial charge on any atom is -0.486 e. The van der Waals surface area contributed by atoms with E-state index in [0.717, 1.165) is 16.8 Å². The highest BCUT2D eigenvalue weighted by atomic mass is 35.5. The molecule has 1 aromatic heterocycles. The number of amides is 1. The fraction of sp³-hybridized carbons (Fsp3) is 0.333. The summed E-state index contributed by atoms with van der Waals surface area (Å²) in [7, 11) is 0. The Balaban J connectivity index is 1.67. The monoisotopic (exact) mass is 362 g/mol. The van der Waals surface area contributed by atoms with E-state index in [2.05, 4.69) is 10.3 Å². The van der Waals surface area contributed by atoms with Gasteiger partial charge in [-0.15, -0.1) is 0 Å². The summed E-state index contributed by atoms with van der Waals surface area (Å²) in [6.07, 6.45) is 0.138. The topological polar surface area (TPSA) is 80.4 Å². The molecule has 0 spiro atoms. The summed E-state index contributed by atoms with van der Waals surface area (Å²) >= 11 is 6.18. The van der Waals surface area contributed by atoms with Gasteiger partial charge in [0.2, 0.25) is 5.91 Å². The summed E-state index contributed by atoms with van der Waals surface area (Å²) < 4.78 is 11.0. The molecule has 6 nitrogen and oxygen atoms in total. The third kappa shape index (κ3) is 3.96. The molecule has 1 aliphatic rings. The van der Waals surface area contributed by atoms with Crippen molar-refractivity contribution in [2.75, 3.05) is 13.2 Å². The second-order valence-electron chi connectivity index (χ2n) is 6.00. The molecule has 0 bridgehead atoms. The number of nitrogens with one attached hydrogen (secondary N) is 2. The Bertz CT molecular complexity index is 876. The van der Waals surface area contributed by atoms with Gasteiger partial charge in [0.25, 0.3) is 5.56 Å². The summed E-state index contributed by atoms with van der Waals surface area (Å²) in [6, 6.07) is 5.33. The zero-order chi connectivity index (χ0) is 18.0. The Kier molecular flexibility index (Phi) is 4.99. The van der Waals surface area contributed by atoms with Crippen LogP contribution in [0.25, 0.3) is 0 Å². The van der Waals surface area contributed by atoms with E-state index in [-0.39, 0.29) is 24.4 Å². The first-order chi connectivity index (χ1) is 11.9. The number of aromatic amines is 1. The predicted molar refractivity (Wildman–Crippen MR) is 94.5 cm³/mol. The Morgan fingerprint density at radius 2 is 2.00 bits per heavy atom. The van der Waals surface area contributed by atoms with Gasteiger partial charge in [0.05, 0.1) is 11.4 Å². The van der Waals surface area contributed by atoms with Crippen molar-refractivity contribution in [2.24, 2.45) is 0 Å². The molecule has 0 fully saturated rings. The number of benzene rings is 1. The smallest absolute Gasteiger partial charge is 0.253 e. The fourth-order valence-electron chi connectivity index (χ4n) is 2.80. The number of fused-ring (bicyclic) bond motifs is 1. The van der Waals surface area contributed by atoms with E-state index in [4.69, 9.17) is 21.1 Å². The number of hydrogen-bond donors (Lipinski definition) is 2. The molecule has 2 aromatic rings. The third-order valence-corrected chi connectivity index (χ3v) is 4.26. The Labute approximate surface area is 150 Å². The minimum atomic E-state index is -0.202. The zero-order valence-corrected chi connectivity index (χ0v) is 14.8. The van der Waals surface area contributed by atoms with Crippen LogP contribution in [0.1, 0.15) is 22.4 Å². The Morgan fingerprint density at radius 3 is 2.76 bits per heavy atom. The van der Waals surface area contributed by atoms with Gasteiger partial charge in [0.1, 0.15) is 13.2 Å². The van der Waals surface area contributed by atoms with E-state index in [1.807, 2.05) is 19.9 Å². The third-order valence-electron chi connectivity index (χ3n) is 3.98. The number of ether oxygens (including phenoxy) is 2. The number of halogens is 1. The van der Waals surface area contributed by atoms with E-state index >= 15 is 0 Å². The lowest BCUT2D eigenvalue weighted by Gasteiger charge is -2.20. The van der Waals surface area contributed by atoms with Crippen molar-refractivity contribution in [3.63, 3.8) is 0 Å². The van der Waals surface area contributed by atoms with Gasteiger partial charge in [-0.25, -0.2) is 0 Å². The molecule has 0 radical (unpaired) electrons. The number of aromatic nitrogens is 1. The lowest BCUT2D eigenvalue weighted by Crippen LogP contribution is -2.29. The molecule has 25 heavy (non-hydrogen) atoms. The van der Waals surface area contributed by atoms with Crippen molar-refractivity contribution in [3.05, 3.63) is 56.0 Å².